The maximum absolute atomic E-state index is 12.3. The maximum atomic E-state index is 12.3. The minimum absolute atomic E-state index is 0.296. The van der Waals surface area contributed by atoms with Crippen molar-refractivity contribution in [3.8, 4) is 17.4 Å². The SMILES string of the molecule is C=CCOc1cc(OC(=O)N(C)c2cccc(OC)n2)ccc1Cl. The number of aromatic nitrogens is 1. The van der Waals surface area contributed by atoms with Crippen molar-refractivity contribution in [3.05, 3.63) is 54.1 Å². The standard InChI is InChI=1S/C17H17ClN2O4/c1-4-10-23-14-11-12(8-9-13(14)18)24-17(21)20(2)15-6-5-7-16(19-15)22-3/h4-9,11H,1,10H2,2-3H3. The molecule has 1 heterocycles. The smallest absolute Gasteiger partial charge is 0.420 e. The van der Waals surface area contributed by atoms with Gasteiger partial charge in [0.25, 0.3) is 0 Å². The molecule has 1 amide bonds. The first-order valence-corrected chi connectivity index (χ1v) is 7.42. The van der Waals surface area contributed by atoms with Crippen LogP contribution in [-0.2, 0) is 0 Å². The number of carbonyl (C=O) groups is 1. The van der Waals surface area contributed by atoms with Gasteiger partial charge in [-0.05, 0) is 18.2 Å². The first kappa shape index (κ1) is 17.6. The summed E-state index contributed by atoms with van der Waals surface area (Å²) in [5, 5.41) is 0.416. The molecule has 126 valence electrons. The van der Waals surface area contributed by atoms with E-state index in [9.17, 15) is 4.79 Å². The molecule has 0 unspecified atom stereocenters. The fourth-order valence-corrected chi connectivity index (χ4v) is 1.95. The number of ether oxygens (including phenoxy) is 3. The lowest BCUT2D eigenvalue weighted by molar-refractivity contribution is 0.208. The molecule has 2 rings (SSSR count). The molecule has 0 fully saturated rings. The monoisotopic (exact) mass is 348 g/mol. The van der Waals surface area contributed by atoms with Crippen LogP contribution in [-0.4, -0.2) is 31.8 Å². The van der Waals surface area contributed by atoms with Crippen LogP contribution < -0.4 is 19.1 Å². The minimum atomic E-state index is -0.604. The Morgan fingerprint density at radius 3 is 2.88 bits per heavy atom. The summed E-state index contributed by atoms with van der Waals surface area (Å²) in [4.78, 5) is 17.7. The predicted molar refractivity (Wildman–Crippen MR) is 92.4 cm³/mol. The number of halogens is 1. The molecule has 1 aromatic heterocycles. The zero-order valence-corrected chi connectivity index (χ0v) is 14.1. The molecule has 0 N–H and O–H groups in total. The zero-order valence-electron chi connectivity index (χ0n) is 13.4. The van der Waals surface area contributed by atoms with Gasteiger partial charge < -0.3 is 14.2 Å². The number of nitrogens with zero attached hydrogens (tertiary/aromatic N) is 2. The second kappa shape index (κ2) is 8.21. The van der Waals surface area contributed by atoms with E-state index < -0.39 is 6.09 Å². The Morgan fingerprint density at radius 1 is 1.38 bits per heavy atom. The van der Waals surface area contributed by atoms with Gasteiger partial charge in [0, 0.05) is 19.2 Å². The first-order valence-electron chi connectivity index (χ1n) is 7.05. The van der Waals surface area contributed by atoms with Gasteiger partial charge in [-0.3, -0.25) is 4.90 Å². The van der Waals surface area contributed by atoms with E-state index in [1.807, 2.05) is 0 Å². The molecular weight excluding hydrogens is 332 g/mol. The third kappa shape index (κ3) is 4.39. The highest BCUT2D eigenvalue weighted by atomic mass is 35.5. The Morgan fingerprint density at radius 2 is 2.17 bits per heavy atom. The molecule has 0 bridgehead atoms. The van der Waals surface area contributed by atoms with Crippen LogP contribution in [0.1, 0.15) is 0 Å². The lowest BCUT2D eigenvalue weighted by Gasteiger charge is -2.17. The summed E-state index contributed by atoms with van der Waals surface area (Å²) in [5.41, 5.74) is 0. The van der Waals surface area contributed by atoms with Crippen molar-refractivity contribution >= 4 is 23.5 Å². The van der Waals surface area contributed by atoms with E-state index in [0.29, 0.717) is 34.8 Å². The highest BCUT2D eigenvalue weighted by Crippen LogP contribution is 2.29. The summed E-state index contributed by atoms with van der Waals surface area (Å²) in [5.74, 6) is 1.51. The molecular formula is C17H17ClN2O4. The molecule has 2 aromatic rings. The Bertz CT molecular complexity index is 736. The van der Waals surface area contributed by atoms with Gasteiger partial charge in [-0.15, -0.1) is 0 Å². The van der Waals surface area contributed by atoms with E-state index in [1.54, 1.807) is 43.5 Å². The van der Waals surface area contributed by atoms with Crippen LogP contribution in [0.2, 0.25) is 5.02 Å². The minimum Gasteiger partial charge on any atom is -0.488 e. The second-order valence-corrected chi connectivity index (χ2v) is 5.06. The number of carbonyl (C=O) groups excluding carboxylic acids is 1. The quantitative estimate of drug-likeness (QED) is 0.740. The maximum Gasteiger partial charge on any atom is 0.420 e. The second-order valence-electron chi connectivity index (χ2n) is 4.66. The lowest BCUT2D eigenvalue weighted by atomic mass is 10.3. The van der Waals surface area contributed by atoms with Gasteiger partial charge in [-0.25, -0.2) is 4.79 Å². The van der Waals surface area contributed by atoms with Gasteiger partial charge in [0.1, 0.15) is 23.9 Å². The Labute approximate surface area is 145 Å². The van der Waals surface area contributed by atoms with Crippen LogP contribution in [0, 0.1) is 0 Å². The van der Waals surface area contributed by atoms with Gasteiger partial charge in [-0.1, -0.05) is 30.3 Å². The molecule has 0 saturated carbocycles. The Balaban J connectivity index is 2.12. The molecule has 1 aromatic carbocycles. The number of anilines is 1. The molecule has 0 aliphatic heterocycles. The topological polar surface area (TPSA) is 60.9 Å². The van der Waals surface area contributed by atoms with Crippen LogP contribution >= 0.6 is 11.6 Å². The molecule has 0 spiro atoms. The fourth-order valence-electron chi connectivity index (χ4n) is 1.77. The fraction of sp³-hybridized carbons (Fsp3) is 0.176. The first-order chi connectivity index (χ1) is 11.5. The molecule has 24 heavy (non-hydrogen) atoms. The highest BCUT2D eigenvalue weighted by Gasteiger charge is 2.16. The summed E-state index contributed by atoms with van der Waals surface area (Å²) in [6.07, 6.45) is 0.991. The lowest BCUT2D eigenvalue weighted by Crippen LogP contribution is -2.30. The zero-order chi connectivity index (χ0) is 17.5. The average molecular weight is 349 g/mol. The molecule has 0 aliphatic rings. The van der Waals surface area contributed by atoms with Crippen LogP contribution in [0.25, 0.3) is 0 Å². The number of hydrogen-bond donors (Lipinski definition) is 0. The van der Waals surface area contributed by atoms with E-state index in [-0.39, 0.29) is 0 Å². The Kier molecular flexibility index (Phi) is 6.03. The highest BCUT2D eigenvalue weighted by molar-refractivity contribution is 6.32. The summed E-state index contributed by atoms with van der Waals surface area (Å²) < 4.78 is 15.8. The summed E-state index contributed by atoms with van der Waals surface area (Å²) in [6, 6.07) is 9.79. The van der Waals surface area contributed by atoms with E-state index in [1.165, 1.54) is 18.1 Å². The molecule has 0 radical (unpaired) electrons. The van der Waals surface area contributed by atoms with Crippen molar-refractivity contribution in [2.45, 2.75) is 0 Å². The summed E-state index contributed by atoms with van der Waals surface area (Å²) in [7, 11) is 3.05. The van der Waals surface area contributed by atoms with Crippen LogP contribution in [0.15, 0.2) is 49.1 Å². The van der Waals surface area contributed by atoms with E-state index in [2.05, 4.69) is 11.6 Å². The van der Waals surface area contributed by atoms with Gasteiger partial charge in [-0.2, -0.15) is 4.98 Å². The van der Waals surface area contributed by atoms with Crippen molar-refractivity contribution in [2.75, 3.05) is 25.7 Å². The number of benzene rings is 1. The molecule has 6 nitrogen and oxygen atoms in total. The van der Waals surface area contributed by atoms with Gasteiger partial charge in [0.2, 0.25) is 5.88 Å². The van der Waals surface area contributed by atoms with E-state index in [0.717, 1.165) is 0 Å². The van der Waals surface area contributed by atoms with Crippen LogP contribution in [0.3, 0.4) is 0 Å². The van der Waals surface area contributed by atoms with Crippen molar-refractivity contribution in [3.63, 3.8) is 0 Å². The molecule has 0 atom stereocenters. The van der Waals surface area contributed by atoms with Crippen molar-refractivity contribution in [2.24, 2.45) is 0 Å². The van der Waals surface area contributed by atoms with Gasteiger partial charge >= 0.3 is 6.09 Å². The third-order valence-corrected chi connectivity index (χ3v) is 3.31. The average Bonchev–Trinajstić information content (AvgIpc) is 2.61. The van der Waals surface area contributed by atoms with E-state index >= 15 is 0 Å². The molecule has 7 heteroatoms. The normalized spacial score (nSPS) is 9.96. The Hall–Kier alpha value is -2.73. The largest absolute Gasteiger partial charge is 0.488 e. The number of pyridine rings is 1. The number of hydrogen-bond acceptors (Lipinski definition) is 5. The van der Waals surface area contributed by atoms with E-state index in [4.69, 9.17) is 25.8 Å². The number of methoxy groups -OCH3 is 1. The predicted octanol–water partition coefficient (Wildman–Crippen LogP) is 3.94. The summed E-state index contributed by atoms with van der Waals surface area (Å²) in [6.45, 7) is 3.87. The summed E-state index contributed by atoms with van der Waals surface area (Å²) >= 11 is 6.03. The van der Waals surface area contributed by atoms with Gasteiger partial charge in [0.05, 0.1) is 12.1 Å². The third-order valence-electron chi connectivity index (χ3n) is 3.00. The van der Waals surface area contributed by atoms with Crippen molar-refractivity contribution < 1.29 is 19.0 Å². The van der Waals surface area contributed by atoms with Crippen LogP contribution in [0.5, 0.6) is 17.4 Å². The molecule has 0 saturated heterocycles. The number of amides is 1. The molecule has 0 aliphatic carbocycles. The number of rotatable bonds is 6. The van der Waals surface area contributed by atoms with Crippen molar-refractivity contribution in [1.82, 2.24) is 4.98 Å². The van der Waals surface area contributed by atoms with Gasteiger partial charge in [0.15, 0.2) is 0 Å². The van der Waals surface area contributed by atoms with Crippen molar-refractivity contribution in [1.29, 1.82) is 0 Å². The van der Waals surface area contributed by atoms with Crippen LogP contribution in [0.4, 0.5) is 10.6 Å².